The van der Waals surface area contributed by atoms with Crippen molar-refractivity contribution in [3.8, 4) is 0 Å². The monoisotopic (exact) mass is 407 g/mol. The molecule has 3 rings (SSSR count). The molecule has 1 aliphatic rings. The number of carbonyl (C=O) groups excluding carboxylic acids is 2. The summed E-state index contributed by atoms with van der Waals surface area (Å²) in [6.45, 7) is 0. The summed E-state index contributed by atoms with van der Waals surface area (Å²) in [6.07, 6.45) is 0.120. The van der Waals surface area contributed by atoms with Gasteiger partial charge in [-0.05, 0) is 30.3 Å². The number of carbonyl (C=O) groups is 2. The van der Waals surface area contributed by atoms with Crippen molar-refractivity contribution in [1.82, 2.24) is 0 Å². The van der Waals surface area contributed by atoms with Gasteiger partial charge in [0.15, 0.2) is 5.17 Å². The third-order valence-corrected chi connectivity index (χ3v) is 5.29. The van der Waals surface area contributed by atoms with Crippen LogP contribution in [0.1, 0.15) is 6.42 Å². The largest absolute Gasteiger partial charge is 0.335 e. The van der Waals surface area contributed by atoms with Crippen LogP contribution in [-0.4, -0.2) is 29.3 Å². The highest BCUT2D eigenvalue weighted by molar-refractivity contribution is 8.15. The molecule has 0 bridgehead atoms. The van der Waals surface area contributed by atoms with E-state index >= 15 is 0 Å². The number of aliphatic imine (C=N–C) groups is 1. The number of para-hydroxylation sites is 1. The van der Waals surface area contributed by atoms with Gasteiger partial charge < -0.3 is 5.32 Å². The lowest BCUT2D eigenvalue weighted by Gasteiger charge is -2.15. The molecule has 1 atom stereocenters. The molecule has 8 heteroatoms. The van der Waals surface area contributed by atoms with Crippen molar-refractivity contribution in [2.24, 2.45) is 4.99 Å². The van der Waals surface area contributed by atoms with Crippen LogP contribution in [0.3, 0.4) is 0 Å². The van der Waals surface area contributed by atoms with Crippen LogP contribution in [0.5, 0.6) is 0 Å². The van der Waals surface area contributed by atoms with Gasteiger partial charge in [-0.15, -0.1) is 0 Å². The van der Waals surface area contributed by atoms with E-state index in [1.165, 1.54) is 16.7 Å². The van der Waals surface area contributed by atoms with Crippen LogP contribution in [0.25, 0.3) is 0 Å². The SMILES string of the molecule is CN=C(Nc1cc(Cl)cc(Cl)c1)S[C@@H]1CC(=O)N(c2ccccc2)C1=O. The maximum atomic E-state index is 12.7. The Morgan fingerprint density at radius 1 is 1.15 bits per heavy atom. The number of hydrogen-bond donors (Lipinski definition) is 1. The summed E-state index contributed by atoms with van der Waals surface area (Å²) in [6, 6.07) is 13.9. The summed E-state index contributed by atoms with van der Waals surface area (Å²) in [5.74, 6) is -0.474. The minimum absolute atomic E-state index is 0.120. The summed E-state index contributed by atoms with van der Waals surface area (Å²) < 4.78 is 0. The molecule has 1 N–H and O–H groups in total. The van der Waals surface area contributed by atoms with Crippen LogP contribution < -0.4 is 10.2 Å². The fraction of sp³-hybridized carbons (Fsp3) is 0.167. The lowest BCUT2D eigenvalue weighted by Crippen LogP contribution is -2.31. The number of amidine groups is 1. The van der Waals surface area contributed by atoms with Crippen molar-refractivity contribution in [2.45, 2.75) is 11.7 Å². The van der Waals surface area contributed by atoms with Crippen molar-refractivity contribution in [2.75, 3.05) is 17.3 Å². The molecular weight excluding hydrogens is 393 g/mol. The van der Waals surface area contributed by atoms with Gasteiger partial charge in [0, 0.05) is 29.2 Å². The molecule has 0 saturated carbocycles. The average molecular weight is 408 g/mol. The zero-order valence-corrected chi connectivity index (χ0v) is 16.1. The van der Waals surface area contributed by atoms with Gasteiger partial charge in [-0.25, -0.2) is 4.90 Å². The minimum Gasteiger partial charge on any atom is -0.335 e. The topological polar surface area (TPSA) is 61.8 Å². The second-order valence-electron chi connectivity index (χ2n) is 5.53. The van der Waals surface area contributed by atoms with Gasteiger partial charge in [0.2, 0.25) is 11.8 Å². The number of hydrogen-bond acceptors (Lipinski definition) is 4. The number of nitrogens with zero attached hydrogens (tertiary/aromatic N) is 2. The van der Waals surface area contributed by atoms with Crippen molar-refractivity contribution in [1.29, 1.82) is 0 Å². The summed E-state index contributed by atoms with van der Waals surface area (Å²) in [5.41, 5.74) is 1.24. The maximum Gasteiger partial charge on any atom is 0.247 e. The summed E-state index contributed by atoms with van der Waals surface area (Å²) >= 11 is 13.2. The molecule has 5 nitrogen and oxygen atoms in total. The molecule has 0 aromatic heterocycles. The van der Waals surface area contributed by atoms with E-state index in [4.69, 9.17) is 23.2 Å². The Kier molecular flexibility index (Phi) is 5.86. The van der Waals surface area contributed by atoms with E-state index in [0.29, 0.717) is 26.6 Å². The van der Waals surface area contributed by atoms with Crippen molar-refractivity contribution in [3.63, 3.8) is 0 Å². The first-order chi connectivity index (χ1) is 12.5. The Morgan fingerprint density at radius 3 is 2.42 bits per heavy atom. The summed E-state index contributed by atoms with van der Waals surface area (Å²) in [5, 5.41) is 4.03. The highest BCUT2D eigenvalue weighted by atomic mass is 35.5. The molecule has 2 aromatic carbocycles. The fourth-order valence-corrected chi connectivity index (χ4v) is 4.08. The standard InChI is InChI=1S/C18H15Cl2N3O2S/c1-21-18(22-13-8-11(19)7-12(20)9-13)26-15-10-16(24)23(17(15)25)14-5-3-2-4-6-14/h2-9,15H,10H2,1H3,(H,21,22)/t15-/m1/s1. The lowest BCUT2D eigenvalue weighted by atomic mass is 10.3. The Hall–Kier alpha value is -2.02. The molecule has 2 amide bonds. The first-order valence-electron chi connectivity index (χ1n) is 7.76. The van der Waals surface area contributed by atoms with Gasteiger partial charge in [-0.3, -0.25) is 14.6 Å². The number of benzene rings is 2. The first-order valence-corrected chi connectivity index (χ1v) is 9.40. The zero-order valence-electron chi connectivity index (χ0n) is 13.8. The molecule has 2 aromatic rings. The Bertz CT molecular complexity index is 854. The number of anilines is 2. The van der Waals surface area contributed by atoms with Gasteiger partial charge in [-0.2, -0.15) is 0 Å². The van der Waals surface area contributed by atoms with Gasteiger partial charge in [0.25, 0.3) is 0 Å². The minimum atomic E-state index is -0.538. The second-order valence-corrected chi connectivity index (χ2v) is 7.59. The van der Waals surface area contributed by atoms with Crippen molar-refractivity contribution >= 4 is 63.3 Å². The second kappa shape index (κ2) is 8.12. The first kappa shape index (κ1) is 18.8. The molecule has 0 spiro atoms. The smallest absolute Gasteiger partial charge is 0.247 e. The zero-order chi connectivity index (χ0) is 18.7. The van der Waals surface area contributed by atoms with Gasteiger partial charge in [-0.1, -0.05) is 53.2 Å². The van der Waals surface area contributed by atoms with Crippen molar-refractivity contribution in [3.05, 3.63) is 58.6 Å². The predicted molar refractivity (Wildman–Crippen MR) is 108 cm³/mol. The molecule has 134 valence electrons. The average Bonchev–Trinajstić information content (AvgIpc) is 2.87. The Morgan fingerprint density at radius 2 is 1.81 bits per heavy atom. The normalized spacial score (nSPS) is 17.7. The molecule has 1 saturated heterocycles. The summed E-state index contributed by atoms with van der Waals surface area (Å²) in [4.78, 5) is 30.4. The van der Waals surface area contributed by atoms with E-state index in [9.17, 15) is 9.59 Å². The number of halogens is 2. The molecule has 26 heavy (non-hydrogen) atoms. The van der Waals surface area contributed by atoms with E-state index in [1.54, 1.807) is 49.5 Å². The van der Waals surface area contributed by atoms with Crippen LogP contribution in [0.15, 0.2) is 53.5 Å². The van der Waals surface area contributed by atoms with Crippen LogP contribution in [0.2, 0.25) is 10.0 Å². The predicted octanol–water partition coefficient (Wildman–Crippen LogP) is 4.46. The quantitative estimate of drug-likeness (QED) is 0.463. The van der Waals surface area contributed by atoms with E-state index in [-0.39, 0.29) is 18.2 Å². The molecule has 0 radical (unpaired) electrons. The highest BCUT2D eigenvalue weighted by Gasteiger charge is 2.40. The molecular formula is C18H15Cl2N3O2S. The van der Waals surface area contributed by atoms with E-state index in [2.05, 4.69) is 10.3 Å². The molecule has 1 heterocycles. The van der Waals surface area contributed by atoms with E-state index < -0.39 is 5.25 Å². The van der Waals surface area contributed by atoms with Crippen LogP contribution >= 0.6 is 35.0 Å². The van der Waals surface area contributed by atoms with E-state index in [0.717, 1.165) is 0 Å². The highest BCUT2D eigenvalue weighted by Crippen LogP contribution is 2.31. The maximum absolute atomic E-state index is 12.7. The van der Waals surface area contributed by atoms with Gasteiger partial charge in [0.05, 0.1) is 5.69 Å². The molecule has 1 fully saturated rings. The van der Waals surface area contributed by atoms with Crippen LogP contribution in [0.4, 0.5) is 11.4 Å². The number of thioether (sulfide) groups is 1. The number of amides is 2. The fourth-order valence-electron chi connectivity index (χ4n) is 2.57. The molecule has 1 aliphatic heterocycles. The summed E-state index contributed by atoms with van der Waals surface area (Å²) in [7, 11) is 1.61. The van der Waals surface area contributed by atoms with Crippen molar-refractivity contribution < 1.29 is 9.59 Å². The Labute approximate surface area is 165 Å². The molecule has 0 unspecified atom stereocenters. The number of rotatable bonds is 3. The third-order valence-electron chi connectivity index (χ3n) is 3.69. The van der Waals surface area contributed by atoms with Gasteiger partial charge >= 0.3 is 0 Å². The number of nitrogens with one attached hydrogen (secondary N) is 1. The third kappa shape index (κ3) is 4.20. The number of imide groups is 1. The van der Waals surface area contributed by atoms with Crippen LogP contribution in [-0.2, 0) is 9.59 Å². The lowest BCUT2D eigenvalue weighted by molar-refractivity contribution is -0.121. The van der Waals surface area contributed by atoms with Gasteiger partial charge in [0.1, 0.15) is 5.25 Å². The Balaban J connectivity index is 1.73. The van der Waals surface area contributed by atoms with E-state index in [1.807, 2.05) is 6.07 Å². The van der Waals surface area contributed by atoms with Crippen LogP contribution in [0, 0.1) is 0 Å². The molecule has 0 aliphatic carbocycles.